The van der Waals surface area contributed by atoms with Crippen molar-refractivity contribution in [3.63, 3.8) is 0 Å². The normalized spacial score (nSPS) is 15.9. The average Bonchev–Trinajstić information content (AvgIpc) is 2.33. The van der Waals surface area contributed by atoms with E-state index in [1.165, 1.54) is 5.57 Å². The number of halogens is 1. The van der Waals surface area contributed by atoms with Crippen molar-refractivity contribution in [2.75, 3.05) is 19.8 Å². The van der Waals surface area contributed by atoms with E-state index in [0.717, 1.165) is 38.4 Å². The second-order valence-electron chi connectivity index (χ2n) is 3.77. The maximum absolute atomic E-state index is 5.76. The highest BCUT2D eigenvalue weighted by molar-refractivity contribution is 6.30. The number of ether oxygens (including phenoxy) is 1. The molecule has 1 aliphatic rings. The summed E-state index contributed by atoms with van der Waals surface area (Å²) in [6.07, 6.45) is 4.93. The highest BCUT2D eigenvalue weighted by Crippen LogP contribution is 2.07. The van der Waals surface area contributed by atoms with E-state index < -0.39 is 0 Å². The van der Waals surface area contributed by atoms with E-state index in [2.05, 4.69) is 16.4 Å². The Balaban J connectivity index is 1.75. The van der Waals surface area contributed by atoms with Crippen molar-refractivity contribution < 1.29 is 4.74 Å². The number of pyridine rings is 1. The number of hydrogen-bond donors (Lipinski definition) is 1. The summed E-state index contributed by atoms with van der Waals surface area (Å²) < 4.78 is 5.36. The summed E-state index contributed by atoms with van der Waals surface area (Å²) in [4.78, 5) is 4.22. The van der Waals surface area contributed by atoms with Gasteiger partial charge in [0, 0.05) is 19.3 Å². The number of nitrogens with one attached hydrogen (secondary N) is 1. The molecular formula is C12H15ClN2O. The molecule has 0 atom stereocenters. The molecule has 1 aromatic rings. The van der Waals surface area contributed by atoms with Gasteiger partial charge < -0.3 is 10.1 Å². The van der Waals surface area contributed by atoms with E-state index in [9.17, 15) is 0 Å². The minimum atomic E-state index is 0.673. The van der Waals surface area contributed by atoms with Crippen molar-refractivity contribution in [2.24, 2.45) is 0 Å². The van der Waals surface area contributed by atoms with Crippen LogP contribution in [0.25, 0.3) is 0 Å². The van der Waals surface area contributed by atoms with Crippen molar-refractivity contribution >= 4 is 11.6 Å². The SMILES string of the molecule is Clc1ccc(CNCC2=CCCOC2)nc1. The number of nitrogens with zero attached hydrogens (tertiary/aromatic N) is 1. The molecule has 0 saturated carbocycles. The zero-order valence-corrected chi connectivity index (χ0v) is 9.83. The van der Waals surface area contributed by atoms with E-state index in [-0.39, 0.29) is 0 Å². The third-order valence-corrected chi connectivity index (χ3v) is 2.65. The van der Waals surface area contributed by atoms with Gasteiger partial charge in [0.15, 0.2) is 0 Å². The van der Waals surface area contributed by atoms with E-state index in [1.54, 1.807) is 6.20 Å². The molecule has 16 heavy (non-hydrogen) atoms. The number of hydrogen-bond acceptors (Lipinski definition) is 3. The van der Waals surface area contributed by atoms with Crippen LogP contribution in [0.5, 0.6) is 0 Å². The third-order valence-electron chi connectivity index (χ3n) is 2.43. The van der Waals surface area contributed by atoms with Crippen molar-refractivity contribution in [3.8, 4) is 0 Å². The van der Waals surface area contributed by atoms with Crippen LogP contribution >= 0.6 is 11.6 Å². The lowest BCUT2D eigenvalue weighted by Gasteiger charge is -2.14. The zero-order valence-electron chi connectivity index (χ0n) is 9.08. The van der Waals surface area contributed by atoms with Gasteiger partial charge in [0.1, 0.15) is 0 Å². The molecule has 0 aromatic carbocycles. The fraction of sp³-hybridized carbons (Fsp3) is 0.417. The molecule has 0 bridgehead atoms. The lowest BCUT2D eigenvalue weighted by molar-refractivity contribution is 0.148. The van der Waals surface area contributed by atoms with E-state index >= 15 is 0 Å². The summed E-state index contributed by atoms with van der Waals surface area (Å²) >= 11 is 5.76. The second kappa shape index (κ2) is 5.99. The van der Waals surface area contributed by atoms with Gasteiger partial charge in [-0.15, -0.1) is 0 Å². The van der Waals surface area contributed by atoms with Gasteiger partial charge in [-0.25, -0.2) is 0 Å². The standard InChI is InChI=1S/C12H15ClN2O/c13-11-3-4-12(15-7-11)8-14-6-10-2-1-5-16-9-10/h2-4,7,14H,1,5-6,8-9H2. The lowest BCUT2D eigenvalue weighted by atomic mass is 10.2. The minimum Gasteiger partial charge on any atom is -0.377 e. The fourth-order valence-corrected chi connectivity index (χ4v) is 1.71. The van der Waals surface area contributed by atoms with Gasteiger partial charge in [-0.2, -0.15) is 0 Å². The molecule has 2 rings (SSSR count). The van der Waals surface area contributed by atoms with Gasteiger partial charge in [0.25, 0.3) is 0 Å². The van der Waals surface area contributed by atoms with Crippen LogP contribution in [-0.4, -0.2) is 24.7 Å². The van der Waals surface area contributed by atoms with E-state index in [1.807, 2.05) is 12.1 Å². The Morgan fingerprint density at radius 1 is 1.38 bits per heavy atom. The van der Waals surface area contributed by atoms with E-state index in [0.29, 0.717) is 5.02 Å². The molecule has 0 amide bonds. The molecule has 0 fully saturated rings. The van der Waals surface area contributed by atoms with Crippen LogP contribution in [0.1, 0.15) is 12.1 Å². The Kier molecular flexibility index (Phi) is 4.34. The Bertz CT molecular complexity index is 362. The van der Waals surface area contributed by atoms with Crippen LogP contribution in [0.15, 0.2) is 30.0 Å². The molecule has 1 aromatic heterocycles. The van der Waals surface area contributed by atoms with Gasteiger partial charge in [0.05, 0.1) is 23.9 Å². The average molecular weight is 239 g/mol. The largest absolute Gasteiger partial charge is 0.377 e. The molecule has 2 heterocycles. The van der Waals surface area contributed by atoms with Gasteiger partial charge in [-0.1, -0.05) is 17.7 Å². The molecular weight excluding hydrogens is 224 g/mol. The molecule has 4 heteroatoms. The maximum Gasteiger partial charge on any atom is 0.0689 e. The highest BCUT2D eigenvalue weighted by Gasteiger charge is 2.03. The van der Waals surface area contributed by atoms with Crippen molar-refractivity contribution in [1.82, 2.24) is 10.3 Å². The van der Waals surface area contributed by atoms with Crippen molar-refractivity contribution in [1.29, 1.82) is 0 Å². The highest BCUT2D eigenvalue weighted by atomic mass is 35.5. The Labute approximate surface area is 100 Å². The molecule has 0 unspecified atom stereocenters. The summed E-state index contributed by atoms with van der Waals surface area (Å²) in [7, 11) is 0. The van der Waals surface area contributed by atoms with Gasteiger partial charge in [-0.3, -0.25) is 4.98 Å². The first-order chi connectivity index (χ1) is 7.84. The molecule has 86 valence electrons. The van der Waals surface area contributed by atoms with Crippen LogP contribution in [-0.2, 0) is 11.3 Å². The smallest absolute Gasteiger partial charge is 0.0689 e. The zero-order chi connectivity index (χ0) is 11.2. The molecule has 1 aliphatic heterocycles. The predicted molar refractivity (Wildman–Crippen MR) is 64.5 cm³/mol. The third kappa shape index (κ3) is 3.59. The lowest BCUT2D eigenvalue weighted by Crippen LogP contribution is -2.21. The number of aromatic nitrogens is 1. The van der Waals surface area contributed by atoms with Crippen LogP contribution in [0.2, 0.25) is 5.02 Å². The van der Waals surface area contributed by atoms with Crippen LogP contribution in [0.4, 0.5) is 0 Å². The Morgan fingerprint density at radius 2 is 2.31 bits per heavy atom. The summed E-state index contributed by atoms with van der Waals surface area (Å²) in [5.74, 6) is 0. The molecule has 3 nitrogen and oxygen atoms in total. The first-order valence-corrected chi connectivity index (χ1v) is 5.79. The van der Waals surface area contributed by atoms with Crippen molar-refractivity contribution in [3.05, 3.63) is 40.7 Å². The molecule has 0 spiro atoms. The van der Waals surface area contributed by atoms with E-state index in [4.69, 9.17) is 16.3 Å². The molecule has 1 N–H and O–H groups in total. The Morgan fingerprint density at radius 3 is 3.00 bits per heavy atom. The Hall–Kier alpha value is -0.900. The second-order valence-corrected chi connectivity index (χ2v) is 4.21. The van der Waals surface area contributed by atoms with Crippen molar-refractivity contribution in [2.45, 2.75) is 13.0 Å². The summed E-state index contributed by atoms with van der Waals surface area (Å²) in [6, 6.07) is 3.79. The number of rotatable bonds is 4. The van der Waals surface area contributed by atoms with Gasteiger partial charge >= 0.3 is 0 Å². The van der Waals surface area contributed by atoms with Gasteiger partial charge in [-0.05, 0) is 24.1 Å². The van der Waals surface area contributed by atoms with Crippen LogP contribution < -0.4 is 5.32 Å². The summed E-state index contributed by atoms with van der Waals surface area (Å²) in [6.45, 7) is 3.22. The summed E-state index contributed by atoms with van der Waals surface area (Å²) in [5.41, 5.74) is 2.32. The predicted octanol–water partition coefficient (Wildman–Crippen LogP) is 2.17. The first-order valence-electron chi connectivity index (χ1n) is 5.41. The summed E-state index contributed by atoms with van der Waals surface area (Å²) in [5, 5.41) is 4.01. The van der Waals surface area contributed by atoms with Gasteiger partial charge in [0.2, 0.25) is 0 Å². The monoisotopic (exact) mass is 238 g/mol. The molecule has 0 radical (unpaired) electrons. The maximum atomic E-state index is 5.76. The minimum absolute atomic E-state index is 0.673. The van der Waals surface area contributed by atoms with Crippen LogP contribution in [0, 0.1) is 0 Å². The van der Waals surface area contributed by atoms with Crippen LogP contribution in [0.3, 0.4) is 0 Å². The fourth-order valence-electron chi connectivity index (χ4n) is 1.59. The molecule has 0 saturated heterocycles. The quantitative estimate of drug-likeness (QED) is 0.817. The first kappa shape index (κ1) is 11.6. The topological polar surface area (TPSA) is 34.1 Å². The molecule has 0 aliphatic carbocycles.